The molecule has 1 aliphatic heterocycles. The molecule has 0 bridgehead atoms. The van der Waals surface area contributed by atoms with E-state index in [4.69, 9.17) is 14.6 Å². The van der Waals surface area contributed by atoms with E-state index in [9.17, 15) is 9.59 Å². The highest BCUT2D eigenvalue weighted by molar-refractivity contribution is 5.97. The van der Waals surface area contributed by atoms with Crippen molar-refractivity contribution in [3.05, 3.63) is 35.9 Å². The first-order chi connectivity index (χ1) is 12.4. The third kappa shape index (κ3) is 7.23. The van der Waals surface area contributed by atoms with Crippen LogP contribution in [0.2, 0.25) is 0 Å². The lowest BCUT2D eigenvalue weighted by molar-refractivity contribution is -0.140. The molecule has 0 radical (unpaired) electrons. The second-order valence-electron chi connectivity index (χ2n) is 7.16. The van der Waals surface area contributed by atoms with Crippen molar-refractivity contribution < 1.29 is 24.2 Å². The Kier molecular flexibility index (Phi) is 7.75. The van der Waals surface area contributed by atoms with E-state index >= 15 is 0 Å². The first-order valence-electron chi connectivity index (χ1n) is 9.19. The molecule has 2 unspecified atom stereocenters. The molecule has 1 aromatic carbocycles. The van der Waals surface area contributed by atoms with Crippen LogP contribution in [-0.2, 0) is 25.5 Å². The van der Waals surface area contributed by atoms with Crippen LogP contribution in [0.4, 0.5) is 0 Å². The van der Waals surface area contributed by atoms with Crippen LogP contribution in [0, 0.1) is 0 Å². The SMILES string of the molecule is CC1(C)OCC(CCCNC(CCc2ccccc2)C(=O)CC(=O)O)O1. The smallest absolute Gasteiger partial charge is 0.310 e. The molecule has 0 aliphatic carbocycles. The zero-order chi connectivity index (χ0) is 19.0. The topological polar surface area (TPSA) is 84.9 Å². The van der Waals surface area contributed by atoms with Gasteiger partial charge in [-0.25, -0.2) is 0 Å². The van der Waals surface area contributed by atoms with E-state index in [-0.39, 0.29) is 11.9 Å². The lowest BCUT2D eigenvalue weighted by Crippen LogP contribution is -2.39. The van der Waals surface area contributed by atoms with Crippen molar-refractivity contribution in [2.45, 2.75) is 63.9 Å². The fourth-order valence-electron chi connectivity index (χ4n) is 3.12. The quantitative estimate of drug-likeness (QED) is 0.464. The normalized spacial score (nSPS) is 20.0. The number of nitrogens with one attached hydrogen (secondary N) is 1. The molecular formula is C20H29NO5. The van der Waals surface area contributed by atoms with Gasteiger partial charge in [-0.3, -0.25) is 9.59 Å². The number of aryl methyl sites for hydroxylation is 1. The maximum atomic E-state index is 12.2. The standard InChI is InChI=1S/C20H29NO5/c1-20(2)25-14-16(26-20)9-6-12-21-17(18(22)13-19(23)24)11-10-15-7-4-3-5-8-15/h3-5,7-8,16-17,21H,6,9-14H2,1-2H3,(H,23,24). The van der Waals surface area contributed by atoms with Gasteiger partial charge in [0.15, 0.2) is 11.6 Å². The van der Waals surface area contributed by atoms with E-state index < -0.39 is 24.2 Å². The summed E-state index contributed by atoms with van der Waals surface area (Å²) >= 11 is 0. The summed E-state index contributed by atoms with van der Waals surface area (Å²) in [4.78, 5) is 23.1. The Bertz CT molecular complexity index is 587. The molecule has 0 spiro atoms. The Hall–Kier alpha value is -1.76. The first kappa shape index (κ1) is 20.6. The van der Waals surface area contributed by atoms with Crippen LogP contribution in [0.15, 0.2) is 30.3 Å². The van der Waals surface area contributed by atoms with Gasteiger partial charge in [-0.05, 0) is 51.6 Å². The largest absolute Gasteiger partial charge is 0.481 e. The minimum absolute atomic E-state index is 0.0734. The molecule has 1 saturated heterocycles. The lowest BCUT2D eigenvalue weighted by atomic mass is 10.0. The van der Waals surface area contributed by atoms with Gasteiger partial charge in [-0.15, -0.1) is 0 Å². The summed E-state index contributed by atoms with van der Waals surface area (Å²) in [5.74, 6) is -1.87. The van der Waals surface area contributed by atoms with Crippen molar-refractivity contribution in [2.24, 2.45) is 0 Å². The average molecular weight is 363 g/mol. The molecule has 1 fully saturated rings. The molecule has 0 amide bonds. The van der Waals surface area contributed by atoms with E-state index in [1.807, 2.05) is 44.2 Å². The van der Waals surface area contributed by atoms with Gasteiger partial charge in [-0.1, -0.05) is 30.3 Å². The number of ether oxygens (including phenoxy) is 2. The Labute approximate surface area is 154 Å². The minimum atomic E-state index is -1.08. The third-order valence-corrected chi connectivity index (χ3v) is 4.44. The van der Waals surface area contributed by atoms with Crippen LogP contribution in [0.5, 0.6) is 0 Å². The summed E-state index contributed by atoms with van der Waals surface area (Å²) in [6.07, 6.45) is 2.63. The number of hydrogen-bond donors (Lipinski definition) is 2. The highest BCUT2D eigenvalue weighted by Crippen LogP contribution is 2.24. The number of hydrogen-bond acceptors (Lipinski definition) is 5. The molecule has 144 valence electrons. The van der Waals surface area contributed by atoms with E-state index in [0.717, 1.165) is 24.8 Å². The van der Waals surface area contributed by atoms with Crippen molar-refractivity contribution in [2.75, 3.05) is 13.2 Å². The zero-order valence-corrected chi connectivity index (χ0v) is 15.6. The molecule has 1 aromatic rings. The first-order valence-corrected chi connectivity index (χ1v) is 9.19. The van der Waals surface area contributed by atoms with Crippen molar-refractivity contribution >= 4 is 11.8 Å². The molecule has 0 saturated carbocycles. The summed E-state index contributed by atoms with van der Waals surface area (Å²) in [6, 6.07) is 9.45. The van der Waals surface area contributed by atoms with Gasteiger partial charge in [0.2, 0.25) is 0 Å². The molecule has 2 N–H and O–H groups in total. The number of Topliss-reactive ketones (excluding diaryl/α,β-unsaturated/α-hetero) is 1. The van der Waals surface area contributed by atoms with Gasteiger partial charge >= 0.3 is 5.97 Å². The van der Waals surface area contributed by atoms with Crippen molar-refractivity contribution in [1.29, 1.82) is 0 Å². The number of carbonyl (C=O) groups excluding carboxylic acids is 1. The van der Waals surface area contributed by atoms with Gasteiger partial charge in [0, 0.05) is 0 Å². The molecule has 0 aromatic heterocycles. The van der Waals surface area contributed by atoms with Crippen LogP contribution in [0.25, 0.3) is 0 Å². The van der Waals surface area contributed by atoms with Gasteiger partial charge in [-0.2, -0.15) is 0 Å². The number of ketones is 1. The summed E-state index contributed by atoms with van der Waals surface area (Å²) < 4.78 is 11.3. The number of carboxylic acids is 1. The predicted molar refractivity (Wildman–Crippen MR) is 98.0 cm³/mol. The molecule has 6 heteroatoms. The number of aliphatic carboxylic acids is 1. The van der Waals surface area contributed by atoms with Crippen molar-refractivity contribution in [3.8, 4) is 0 Å². The Morgan fingerprint density at radius 2 is 2.04 bits per heavy atom. The van der Waals surface area contributed by atoms with Crippen LogP contribution in [-0.4, -0.2) is 47.9 Å². The number of carbonyl (C=O) groups is 2. The third-order valence-electron chi connectivity index (χ3n) is 4.44. The van der Waals surface area contributed by atoms with Crippen LogP contribution >= 0.6 is 0 Å². The Balaban J connectivity index is 1.77. The highest BCUT2D eigenvalue weighted by Gasteiger charge is 2.32. The fraction of sp³-hybridized carbons (Fsp3) is 0.600. The molecule has 1 aliphatic rings. The summed E-state index contributed by atoms with van der Waals surface area (Å²) in [7, 11) is 0. The second kappa shape index (κ2) is 9.80. The van der Waals surface area contributed by atoms with Crippen molar-refractivity contribution in [1.82, 2.24) is 5.32 Å². The van der Waals surface area contributed by atoms with Gasteiger partial charge in [0.1, 0.15) is 6.42 Å². The van der Waals surface area contributed by atoms with E-state index in [1.54, 1.807) is 0 Å². The van der Waals surface area contributed by atoms with Crippen LogP contribution in [0.1, 0.15) is 45.1 Å². The molecule has 2 atom stereocenters. The van der Waals surface area contributed by atoms with Gasteiger partial charge in [0.25, 0.3) is 0 Å². The number of carboxylic acid groups (broad SMARTS) is 1. The number of benzene rings is 1. The van der Waals surface area contributed by atoms with Crippen LogP contribution < -0.4 is 5.32 Å². The molecule has 6 nitrogen and oxygen atoms in total. The Morgan fingerprint density at radius 3 is 2.65 bits per heavy atom. The van der Waals surface area contributed by atoms with E-state index in [1.165, 1.54) is 0 Å². The van der Waals surface area contributed by atoms with Crippen molar-refractivity contribution in [3.63, 3.8) is 0 Å². The molecule has 1 heterocycles. The zero-order valence-electron chi connectivity index (χ0n) is 15.6. The number of rotatable bonds is 11. The summed E-state index contributed by atoms with van der Waals surface area (Å²) in [5, 5.41) is 12.1. The molecule has 2 rings (SSSR count). The lowest BCUT2D eigenvalue weighted by Gasteiger charge is -2.19. The molecule has 26 heavy (non-hydrogen) atoms. The summed E-state index contributed by atoms with van der Waals surface area (Å²) in [5.41, 5.74) is 1.14. The fourth-order valence-corrected chi connectivity index (χ4v) is 3.12. The van der Waals surface area contributed by atoms with Crippen LogP contribution in [0.3, 0.4) is 0 Å². The predicted octanol–water partition coefficient (Wildman–Crippen LogP) is 2.55. The maximum absolute atomic E-state index is 12.2. The van der Waals surface area contributed by atoms with E-state index in [0.29, 0.717) is 19.6 Å². The van der Waals surface area contributed by atoms with Gasteiger partial charge < -0.3 is 19.9 Å². The highest BCUT2D eigenvalue weighted by atomic mass is 16.7. The molecular weight excluding hydrogens is 334 g/mol. The summed E-state index contributed by atoms with van der Waals surface area (Å²) in [6.45, 7) is 5.03. The van der Waals surface area contributed by atoms with E-state index in [2.05, 4.69) is 5.32 Å². The van der Waals surface area contributed by atoms with Gasteiger partial charge in [0.05, 0.1) is 18.8 Å². The second-order valence-corrected chi connectivity index (χ2v) is 7.16. The maximum Gasteiger partial charge on any atom is 0.310 e. The minimum Gasteiger partial charge on any atom is -0.481 e. The monoisotopic (exact) mass is 363 g/mol. The Morgan fingerprint density at radius 1 is 1.31 bits per heavy atom. The average Bonchev–Trinajstić information content (AvgIpc) is 2.93.